The van der Waals surface area contributed by atoms with Gasteiger partial charge in [0.1, 0.15) is 5.67 Å². The summed E-state index contributed by atoms with van der Waals surface area (Å²) in [4.78, 5) is 3.86. The van der Waals surface area contributed by atoms with E-state index < -0.39 is 5.67 Å². The number of rotatable bonds is 1. The molecule has 64 valence electrons. The standard InChI is InChI=1S/C9H11FN2/c10-9(3-6-12-7-9)8-1-4-11-5-2-8/h1-2,4-5,12H,3,6-7H2/t9-/m0/s1. The second-order valence-corrected chi connectivity index (χ2v) is 3.13. The molecular formula is C9H11FN2. The average molecular weight is 166 g/mol. The lowest BCUT2D eigenvalue weighted by Gasteiger charge is -2.17. The molecule has 2 rings (SSSR count). The number of alkyl halides is 1. The summed E-state index contributed by atoms with van der Waals surface area (Å²) >= 11 is 0. The summed E-state index contributed by atoms with van der Waals surface area (Å²) in [6.45, 7) is 1.19. The van der Waals surface area contributed by atoms with Crippen LogP contribution in [0, 0.1) is 0 Å². The number of nitrogens with zero attached hydrogens (tertiary/aromatic N) is 1. The van der Waals surface area contributed by atoms with Crippen molar-refractivity contribution in [2.75, 3.05) is 13.1 Å². The quantitative estimate of drug-likeness (QED) is 0.679. The van der Waals surface area contributed by atoms with Crippen LogP contribution in [0.3, 0.4) is 0 Å². The van der Waals surface area contributed by atoms with Crippen molar-refractivity contribution < 1.29 is 4.39 Å². The number of hydrogen-bond acceptors (Lipinski definition) is 2. The van der Waals surface area contributed by atoms with Crippen molar-refractivity contribution in [3.8, 4) is 0 Å². The Kier molecular flexibility index (Phi) is 1.81. The molecule has 1 aromatic heterocycles. The highest BCUT2D eigenvalue weighted by atomic mass is 19.1. The molecule has 1 aromatic rings. The predicted molar refractivity (Wildman–Crippen MR) is 44.5 cm³/mol. The van der Waals surface area contributed by atoms with E-state index in [0.717, 1.165) is 12.1 Å². The number of pyridine rings is 1. The second kappa shape index (κ2) is 2.83. The maximum atomic E-state index is 14.0. The van der Waals surface area contributed by atoms with Crippen molar-refractivity contribution >= 4 is 0 Å². The largest absolute Gasteiger partial charge is 0.313 e. The molecule has 12 heavy (non-hydrogen) atoms. The summed E-state index contributed by atoms with van der Waals surface area (Å²) in [6.07, 6.45) is 3.83. The maximum absolute atomic E-state index is 14.0. The molecular weight excluding hydrogens is 155 g/mol. The van der Waals surface area contributed by atoms with Gasteiger partial charge in [-0.3, -0.25) is 4.98 Å². The van der Waals surface area contributed by atoms with Gasteiger partial charge in [0, 0.05) is 18.9 Å². The number of aromatic nitrogens is 1. The average Bonchev–Trinajstić information content (AvgIpc) is 2.55. The summed E-state index contributed by atoms with van der Waals surface area (Å²) < 4.78 is 14.0. The zero-order chi connectivity index (χ0) is 8.44. The van der Waals surface area contributed by atoms with Crippen molar-refractivity contribution in [2.24, 2.45) is 0 Å². The van der Waals surface area contributed by atoms with Crippen molar-refractivity contribution in [2.45, 2.75) is 12.1 Å². The van der Waals surface area contributed by atoms with Gasteiger partial charge in [0.25, 0.3) is 0 Å². The molecule has 0 amide bonds. The van der Waals surface area contributed by atoms with Gasteiger partial charge < -0.3 is 5.32 Å². The Morgan fingerprint density at radius 1 is 1.42 bits per heavy atom. The number of hydrogen-bond donors (Lipinski definition) is 1. The summed E-state index contributed by atoms with van der Waals surface area (Å²) in [7, 11) is 0. The fourth-order valence-corrected chi connectivity index (χ4v) is 1.56. The third-order valence-corrected chi connectivity index (χ3v) is 2.30. The molecule has 0 bridgehead atoms. The molecule has 1 N–H and O–H groups in total. The summed E-state index contributed by atoms with van der Waals surface area (Å²) in [6, 6.07) is 3.49. The Morgan fingerprint density at radius 3 is 2.75 bits per heavy atom. The normalized spacial score (nSPS) is 29.1. The van der Waals surface area contributed by atoms with Gasteiger partial charge in [0.2, 0.25) is 0 Å². The molecule has 0 spiro atoms. The summed E-state index contributed by atoms with van der Waals surface area (Å²) in [5.74, 6) is 0. The molecule has 3 heteroatoms. The van der Waals surface area contributed by atoms with E-state index in [1.54, 1.807) is 24.5 Å². The van der Waals surface area contributed by atoms with E-state index in [0.29, 0.717) is 13.0 Å². The maximum Gasteiger partial charge on any atom is 0.149 e. The van der Waals surface area contributed by atoms with Crippen LogP contribution in [-0.2, 0) is 5.67 Å². The first kappa shape index (κ1) is 7.68. The van der Waals surface area contributed by atoms with E-state index in [9.17, 15) is 4.39 Å². The topological polar surface area (TPSA) is 24.9 Å². The highest BCUT2D eigenvalue weighted by Gasteiger charge is 2.35. The van der Waals surface area contributed by atoms with Gasteiger partial charge in [-0.05, 0) is 30.7 Å². The highest BCUT2D eigenvalue weighted by Crippen LogP contribution is 2.31. The Morgan fingerprint density at radius 2 is 2.17 bits per heavy atom. The molecule has 0 aliphatic carbocycles. The summed E-state index contributed by atoms with van der Waals surface area (Å²) in [5.41, 5.74) is -0.425. The van der Waals surface area contributed by atoms with E-state index in [1.807, 2.05) is 0 Å². The Labute approximate surface area is 70.8 Å². The van der Waals surface area contributed by atoms with Crippen LogP contribution in [0.2, 0.25) is 0 Å². The van der Waals surface area contributed by atoms with Crippen LogP contribution in [0.1, 0.15) is 12.0 Å². The lowest BCUT2D eigenvalue weighted by molar-refractivity contribution is 0.193. The van der Waals surface area contributed by atoms with Gasteiger partial charge >= 0.3 is 0 Å². The van der Waals surface area contributed by atoms with E-state index in [4.69, 9.17) is 0 Å². The second-order valence-electron chi connectivity index (χ2n) is 3.13. The first-order chi connectivity index (χ1) is 5.81. The molecule has 0 radical (unpaired) electrons. The zero-order valence-electron chi connectivity index (χ0n) is 6.76. The molecule has 1 atom stereocenters. The van der Waals surface area contributed by atoms with Crippen LogP contribution in [0.5, 0.6) is 0 Å². The first-order valence-corrected chi connectivity index (χ1v) is 4.11. The molecule has 1 saturated heterocycles. The van der Waals surface area contributed by atoms with Gasteiger partial charge in [0.05, 0.1) is 0 Å². The minimum atomic E-state index is -1.16. The number of nitrogens with one attached hydrogen (secondary N) is 1. The highest BCUT2D eigenvalue weighted by molar-refractivity contribution is 5.21. The van der Waals surface area contributed by atoms with Gasteiger partial charge in [-0.15, -0.1) is 0 Å². The monoisotopic (exact) mass is 166 g/mol. The van der Waals surface area contributed by atoms with Crippen molar-refractivity contribution in [1.82, 2.24) is 10.3 Å². The van der Waals surface area contributed by atoms with Gasteiger partial charge in [-0.1, -0.05) is 0 Å². The molecule has 2 heterocycles. The Bertz CT molecular complexity index is 254. The third kappa shape index (κ3) is 1.20. The fourth-order valence-electron chi connectivity index (χ4n) is 1.56. The van der Waals surface area contributed by atoms with Gasteiger partial charge in [-0.25, -0.2) is 4.39 Å². The van der Waals surface area contributed by atoms with Crippen LogP contribution in [0.4, 0.5) is 4.39 Å². The SMILES string of the molecule is F[C@@]1(c2ccncc2)CCNC1. The molecule has 1 aliphatic heterocycles. The van der Waals surface area contributed by atoms with E-state index >= 15 is 0 Å². The van der Waals surface area contributed by atoms with Crippen LogP contribution in [-0.4, -0.2) is 18.1 Å². The molecule has 2 nitrogen and oxygen atoms in total. The summed E-state index contributed by atoms with van der Waals surface area (Å²) in [5, 5.41) is 3.02. The van der Waals surface area contributed by atoms with E-state index in [2.05, 4.69) is 10.3 Å². The smallest absolute Gasteiger partial charge is 0.149 e. The minimum Gasteiger partial charge on any atom is -0.313 e. The van der Waals surface area contributed by atoms with Crippen molar-refractivity contribution in [3.05, 3.63) is 30.1 Å². The Balaban J connectivity index is 2.29. The van der Waals surface area contributed by atoms with Crippen molar-refractivity contribution in [3.63, 3.8) is 0 Å². The van der Waals surface area contributed by atoms with Crippen LogP contribution in [0.25, 0.3) is 0 Å². The van der Waals surface area contributed by atoms with Gasteiger partial charge in [0.15, 0.2) is 0 Å². The lowest BCUT2D eigenvalue weighted by atomic mass is 9.96. The van der Waals surface area contributed by atoms with Crippen LogP contribution >= 0.6 is 0 Å². The first-order valence-electron chi connectivity index (χ1n) is 4.11. The molecule has 0 unspecified atom stereocenters. The zero-order valence-corrected chi connectivity index (χ0v) is 6.76. The third-order valence-electron chi connectivity index (χ3n) is 2.30. The molecule has 1 aliphatic rings. The minimum absolute atomic E-state index is 0.428. The molecule has 0 saturated carbocycles. The number of halogens is 1. The lowest BCUT2D eigenvalue weighted by Crippen LogP contribution is -2.23. The van der Waals surface area contributed by atoms with Crippen LogP contribution < -0.4 is 5.32 Å². The predicted octanol–water partition coefficient (Wildman–Crippen LogP) is 1.24. The fraction of sp³-hybridized carbons (Fsp3) is 0.444. The molecule has 0 aromatic carbocycles. The Hall–Kier alpha value is -0.960. The van der Waals surface area contributed by atoms with Crippen molar-refractivity contribution in [1.29, 1.82) is 0 Å². The van der Waals surface area contributed by atoms with E-state index in [1.165, 1.54) is 0 Å². The van der Waals surface area contributed by atoms with Crippen LogP contribution in [0.15, 0.2) is 24.5 Å². The van der Waals surface area contributed by atoms with Gasteiger partial charge in [-0.2, -0.15) is 0 Å². The van der Waals surface area contributed by atoms with E-state index in [-0.39, 0.29) is 0 Å². The molecule has 1 fully saturated rings.